The van der Waals surface area contributed by atoms with E-state index in [9.17, 15) is 18.0 Å². The maximum atomic E-state index is 12.4. The molecule has 0 spiro atoms. The SMILES string of the molecule is O=C(NCCNc1ccc(-n2cccn2)nn1)c1ccccc1OC(F)(F)F. The molecule has 0 radical (unpaired) electrons. The van der Waals surface area contributed by atoms with Gasteiger partial charge in [0.25, 0.3) is 5.91 Å². The van der Waals surface area contributed by atoms with Gasteiger partial charge in [0.2, 0.25) is 0 Å². The highest BCUT2D eigenvalue weighted by atomic mass is 19.4. The molecule has 0 saturated heterocycles. The molecule has 2 aromatic heterocycles. The summed E-state index contributed by atoms with van der Waals surface area (Å²) in [6.07, 6.45) is -1.53. The average molecular weight is 392 g/mol. The number of rotatable bonds is 7. The van der Waals surface area contributed by atoms with E-state index < -0.39 is 18.0 Å². The van der Waals surface area contributed by atoms with E-state index in [0.29, 0.717) is 18.2 Å². The topological polar surface area (TPSA) is 94.0 Å². The Morgan fingerprint density at radius 2 is 1.89 bits per heavy atom. The predicted molar refractivity (Wildman–Crippen MR) is 93.1 cm³/mol. The number of alkyl halides is 3. The fraction of sp³-hybridized carbons (Fsp3) is 0.176. The fourth-order valence-corrected chi connectivity index (χ4v) is 2.28. The average Bonchev–Trinajstić information content (AvgIpc) is 3.19. The number of carbonyl (C=O) groups excluding carboxylic acids is 1. The third-order valence-corrected chi connectivity index (χ3v) is 3.46. The quantitative estimate of drug-likeness (QED) is 0.600. The van der Waals surface area contributed by atoms with Crippen molar-refractivity contribution in [1.82, 2.24) is 25.3 Å². The van der Waals surface area contributed by atoms with E-state index in [1.807, 2.05) is 0 Å². The number of carbonyl (C=O) groups is 1. The first-order valence-corrected chi connectivity index (χ1v) is 8.13. The van der Waals surface area contributed by atoms with Gasteiger partial charge < -0.3 is 15.4 Å². The van der Waals surface area contributed by atoms with Crippen molar-refractivity contribution in [2.45, 2.75) is 6.36 Å². The van der Waals surface area contributed by atoms with Gasteiger partial charge in [-0.15, -0.1) is 23.4 Å². The Hall–Kier alpha value is -3.63. The Bertz CT molecular complexity index is 913. The molecule has 0 saturated carbocycles. The van der Waals surface area contributed by atoms with E-state index >= 15 is 0 Å². The smallest absolute Gasteiger partial charge is 0.405 e. The van der Waals surface area contributed by atoms with Gasteiger partial charge in [0.05, 0.1) is 5.56 Å². The molecule has 2 N–H and O–H groups in total. The van der Waals surface area contributed by atoms with Crippen LogP contribution in [0.15, 0.2) is 54.9 Å². The number of para-hydroxylation sites is 1. The molecule has 1 aromatic carbocycles. The van der Waals surface area contributed by atoms with Crippen LogP contribution >= 0.6 is 0 Å². The number of aromatic nitrogens is 4. The van der Waals surface area contributed by atoms with Crippen LogP contribution in [0.3, 0.4) is 0 Å². The summed E-state index contributed by atoms with van der Waals surface area (Å²) in [5, 5.41) is 17.5. The number of nitrogens with zero attached hydrogens (tertiary/aromatic N) is 4. The Labute approximate surface area is 157 Å². The Morgan fingerprint density at radius 3 is 2.57 bits per heavy atom. The van der Waals surface area contributed by atoms with E-state index in [0.717, 1.165) is 6.07 Å². The minimum absolute atomic E-state index is 0.155. The van der Waals surface area contributed by atoms with Crippen LogP contribution in [0.1, 0.15) is 10.4 Å². The molecule has 11 heteroatoms. The first kappa shape index (κ1) is 19.1. The largest absolute Gasteiger partial charge is 0.573 e. The maximum Gasteiger partial charge on any atom is 0.573 e. The lowest BCUT2D eigenvalue weighted by molar-refractivity contribution is -0.274. The summed E-state index contributed by atoms with van der Waals surface area (Å²) in [6, 6.07) is 10.3. The minimum Gasteiger partial charge on any atom is -0.405 e. The third kappa shape index (κ3) is 5.19. The molecule has 3 aromatic rings. The molecule has 0 aliphatic carbocycles. The van der Waals surface area contributed by atoms with Gasteiger partial charge >= 0.3 is 6.36 Å². The number of hydrogen-bond acceptors (Lipinski definition) is 6. The second-order valence-electron chi connectivity index (χ2n) is 5.45. The van der Waals surface area contributed by atoms with Gasteiger partial charge in [0, 0.05) is 25.5 Å². The number of ether oxygens (including phenoxy) is 1. The highest BCUT2D eigenvalue weighted by Crippen LogP contribution is 2.26. The van der Waals surface area contributed by atoms with Crippen LogP contribution in [-0.2, 0) is 0 Å². The van der Waals surface area contributed by atoms with E-state index in [1.165, 1.54) is 18.2 Å². The summed E-state index contributed by atoms with van der Waals surface area (Å²) in [6.45, 7) is 0.450. The number of halogens is 3. The van der Waals surface area contributed by atoms with E-state index in [4.69, 9.17) is 0 Å². The van der Waals surface area contributed by atoms with Crippen molar-refractivity contribution in [2.75, 3.05) is 18.4 Å². The Morgan fingerprint density at radius 1 is 1.07 bits per heavy atom. The molecular weight excluding hydrogens is 377 g/mol. The second kappa shape index (κ2) is 8.37. The first-order valence-electron chi connectivity index (χ1n) is 8.13. The van der Waals surface area contributed by atoms with E-state index in [2.05, 4.69) is 30.7 Å². The minimum atomic E-state index is -4.88. The Kier molecular flexibility index (Phi) is 5.72. The summed E-state index contributed by atoms with van der Waals surface area (Å²) in [7, 11) is 0. The number of anilines is 1. The molecule has 0 bridgehead atoms. The van der Waals surface area contributed by atoms with Crippen molar-refractivity contribution >= 4 is 11.7 Å². The number of hydrogen-bond donors (Lipinski definition) is 2. The van der Waals surface area contributed by atoms with E-state index in [1.54, 1.807) is 35.3 Å². The van der Waals surface area contributed by atoms with Crippen molar-refractivity contribution in [3.63, 3.8) is 0 Å². The lowest BCUT2D eigenvalue weighted by Gasteiger charge is -2.13. The molecule has 0 aliphatic heterocycles. The van der Waals surface area contributed by atoms with Gasteiger partial charge in [-0.3, -0.25) is 4.79 Å². The Balaban J connectivity index is 1.50. The van der Waals surface area contributed by atoms with Crippen molar-refractivity contribution in [1.29, 1.82) is 0 Å². The molecule has 0 fully saturated rings. The molecule has 1 amide bonds. The number of benzene rings is 1. The fourth-order valence-electron chi connectivity index (χ4n) is 2.28. The standard InChI is InChI=1S/C17H15F3N6O2/c18-17(19,20)28-13-5-2-1-4-12(13)16(27)22-10-9-21-14-6-7-15(25-24-14)26-11-3-8-23-26/h1-8,11H,9-10H2,(H,21,24)(H,22,27). The van der Waals surface area contributed by atoms with Crippen LogP contribution in [0, 0.1) is 0 Å². The molecule has 0 aliphatic rings. The van der Waals surface area contributed by atoms with Gasteiger partial charge in [-0.25, -0.2) is 4.68 Å². The molecule has 3 rings (SSSR count). The van der Waals surface area contributed by atoms with Crippen LogP contribution < -0.4 is 15.4 Å². The van der Waals surface area contributed by atoms with Crippen molar-refractivity contribution in [3.8, 4) is 11.6 Å². The van der Waals surface area contributed by atoms with Crippen LogP contribution in [0.25, 0.3) is 5.82 Å². The van der Waals surface area contributed by atoms with Gasteiger partial charge in [0.15, 0.2) is 5.82 Å². The zero-order chi connectivity index (χ0) is 20.0. The second-order valence-corrected chi connectivity index (χ2v) is 5.45. The van der Waals surface area contributed by atoms with Crippen molar-refractivity contribution in [3.05, 3.63) is 60.4 Å². The molecular formula is C17H15F3N6O2. The summed E-state index contributed by atoms with van der Waals surface area (Å²) in [5.41, 5.74) is -0.205. The lowest BCUT2D eigenvalue weighted by atomic mass is 10.2. The third-order valence-electron chi connectivity index (χ3n) is 3.46. The van der Waals surface area contributed by atoms with Crippen LogP contribution in [-0.4, -0.2) is 45.3 Å². The zero-order valence-corrected chi connectivity index (χ0v) is 14.3. The van der Waals surface area contributed by atoms with Crippen LogP contribution in [0.2, 0.25) is 0 Å². The summed E-state index contributed by atoms with van der Waals surface area (Å²) >= 11 is 0. The van der Waals surface area contributed by atoms with E-state index in [-0.39, 0.29) is 12.1 Å². The summed E-state index contributed by atoms with van der Waals surface area (Å²) in [4.78, 5) is 12.1. The zero-order valence-electron chi connectivity index (χ0n) is 14.3. The molecule has 146 valence electrons. The van der Waals surface area contributed by atoms with Gasteiger partial charge in [-0.2, -0.15) is 5.10 Å². The normalized spacial score (nSPS) is 11.1. The summed E-state index contributed by atoms with van der Waals surface area (Å²) < 4.78 is 42.7. The molecule has 0 unspecified atom stereocenters. The highest BCUT2D eigenvalue weighted by Gasteiger charge is 2.32. The molecule has 28 heavy (non-hydrogen) atoms. The number of nitrogens with one attached hydrogen (secondary N) is 2. The molecule has 8 nitrogen and oxygen atoms in total. The van der Waals surface area contributed by atoms with Crippen molar-refractivity contribution < 1.29 is 22.7 Å². The molecule has 0 atom stereocenters. The lowest BCUT2D eigenvalue weighted by Crippen LogP contribution is -2.30. The monoisotopic (exact) mass is 392 g/mol. The first-order chi connectivity index (χ1) is 13.4. The van der Waals surface area contributed by atoms with Crippen LogP contribution in [0.4, 0.5) is 19.0 Å². The highest BCUT2D eigenvalue weighted by molar-refractivity contribution is 5.96. The van der Waals surface area contributed by atoms with Crippen LogP contribution in [0.5, 0.6) is 5.75 Å². The number of amides is 1. The van der Waals surface area contributed by atoms with Gasteiger partial charge in [0.1, 0.15) is 11.6 Å². The van der Waals surface area contributed by atoms with Gasteiger partial charge in [-0.05, 0) is 30.3 Å². The van der Waals surface area contributed by atoms with Gasteiger partial charge in [-0.1, -0.05) is 12.1 Å². The molecule has 2 heterocycles. The summed E-state index contributed by atoms with van der Waals surface area (Å²) in [5.74, 6) is -0.210. The predicted octanol–water partition coefficient (Wildman–Crippen LogP) is 2.40. The van der Waals surface area contributed by atoms with Crippen molar-refractivity contribution in [2.24, 2.45) is 0 Å². The maximum absolute atomic E-state index is 12.4.